The highest BCUT2D eigenvalue weighted by Gasteiger charge is 2.38. The Kier molecular flexibility index (Phi) is 38.6. The van der Waals surface area contributed by atoms with Gasteiger partial charge in [0.05, 0.1) is 18.9 Å². The van der Waals surface area contributed by atoms with Gasteiger partial charge in [-0.3, -0.25) is 57.5 Å². The lowest BCUT2D eigenvalue weighted by Crippen LogP contribution is -2.62. The molecule has 0 aliphatic carbocycles. The van der Waals surface area contributed by atoms with Crippen LogP contribution < -0.4 is 76.1 Å². The molecule has 3 rings (SSSR count). The van der Waals surface area contributed by atoms with Gasteiger partial charge in [-0.05, 0) is 136 Å². The molecule has 0 saturated carbocycles. The minimum Gasteiger partial charge on any atom is -0.481 e. The monoisotopic (exact) mass is 1450 g/mol. The van der Waals surface area contributed by atoms with Crippen molar-refractivity contribution in [2.45, 2.75) is 232 Å². The first-order chi connectivity index (χ1) is 48.2. The Labute approximate surface area is 602 Å². The van der Waals surface area contributed by atoms with Gasteiger partial charge < -0.3 is 90.7 Å². The minimum absolute atomic E-state index is 0.0101. The van der Waals surface area contributed by atoms with Crippen molar-refractivity contribution < 1.29 is 77.0 Å². The number of nitrogens with two attached hydrogens (primary N) is 4. The summed E-state index contributed by atoms with van der Waals surface area (Å²) < 4.78 is 6.59. The Morgan fingerprint density at radius 2 is 0.922 bits per heavy atom. The summed E-state index contributed by atoms with van der Waals surface area (Å²) in [4.78, 5) is 175. The van der Waals surface area contributed by atoms with Crippen LogP contribution in [0.15, 0.2) is 40.8 Å². The number of rotatable bonds is 49. The number of hydrogen-bond donors (Lipinski definition) is 16. The molecule has 0 unspecified atom stereocenters. The van der Waals surface area contributed by atoms with E-state index in [1.807, 2.05) is 75.7 Å². The number of furan rings is 1. The summed E-state index contributed by atoms with van der Waals surface area (Å²) in [5.41, 5.74) is 25.7. The molecule has 11 amide bonds. The molecule has 0 saturated heterocycles. The molecule has 0 aliphatic heterocycles. The molecule has 0 spiro atoms. The van der Waals surface area contributed by atoms with Crippen LogP contribution in [0.25, 0.3) is 21.9 Å². The van der Waals surface area contributed by atoms with E-state index < -0.39 is 162 Å². The number of primary amides is 1. The average Bonchev–Trinajstić information content (AvgIpc) is 1.62. The van der Waals surface area contributed by atoms with E-state index in [-0.39, 0.29) is 56.5 Å². The second-order valence-electron chi connectivity index (χ2n) is 27.5. The van der Waals surface area contributed by atoms with Crippen LogP contribution in [0, 0.1) is 29.6 Å². The molecule has 0 fully saturated rings. The van der Waals surface area contributed by atoms with Crippen LogP contribution in [-0.4, -0.2) is 179 Å². The first-order valence-corrected chi connectivity index (χ1v) is 36.9. The molecule has 0 aliphatic rings. The van der Waals surface area contributed by atoms with E-state index in [1.54, 1.807) is 53.3 Å². The Morgan fingerprint density at radius 3 is 1.38 bits per heavy atom. The fraction of sp³-hybridized carbons (Fsp3) is 0.648. The molecule has 102 heavy (non-hydrogen) atoms. The van der Waals surface area contributed by atoms with E-state index in [9.17, 15) is 72.5 Å². The van der Waals surface area contributed by atoms with Gasteiger partial charge >= 0.3 is 11.9 Å². The predicted molar refractivity (Wildman–Crippen MR) is 389 cm³/mol. The summed E-state index contributed by atoms with van der Waals surface area (Å²) in [6, 6.07) is -1.33. The number of aliphatic carboxylic acids is 2. The van der Waals surface area contributed by atoms with Crippen molar-refractivity contribution in [3.63, 3.8) is 0 Å². The van der Waals surface area contributed by atoms with Crippen molar-refractivity contribution in [2.75, 3.05) is 31.6 Å². The Bertz CT molecular complexity index is 3310. The van der Waals surface area contributed by atoms with Crippen LogP contribution in [0.1, 0.15) is 170 Å². The molecule has 0 bridgehead atoms. The topological polar surface area (TPSA) is 500 Å². The zero-order chi connectivity index (χ0) is 76.5. The maximum atomic E-state index is 14.5. The maximum absolute atomic E-state index is 14.5. The number of carboxylic acid groups (broad SMARTS) is 2. The molecular weight excluding hydrogens is 1340 g/mol. The predicted octanol–water partition coefficient (Wildman–Crippen LogP) is 2.15. The van der Waals surface area contributed by atoms with Crippen LogP contribution in [0.3, 0.4) is 0 Å². The number of carbonyl (C=O) groups excluding carboxylic acids is 11. The zero-order valence-corrected chi connectivity index (χ0v) is 61.9. The second kappa shape index (κ2) is 44.8. The standard InChI is InChI=1S/C71H114N14O16S/c1-12-41(9)58(83-55(87)27-26-43-20-18-22-45-46-23-19-21-44(61(46)101-60(43)45)28-32-76-63(91)50(34-38(3)4)79-64(92)48(24-14-16-30-72)77-62(90)47(74)29-33-102-11)69(97)85-59(42(10)13-2)70(98)84-57(40(7)8)68(96)78-49(25-15-17-31-73)65(93)80-51(35-39(5)6)66(94)81-52(36-54(75)86)67(95)82-53(71(99)100)37-56(88)89/h18-23,38-42,47-53,57-59H,12-17,24-37,72-74H2,1-11H3,(H2,75,86)(H,76,91)(H,77,90)(H,78,96)(H,79,92)(H,80,93)(H,81,94)(H,82,95)(H,83,87)(H,84,98)(H,85,97)(H,88,89)(H,99,100)/t41-,42-,47-,48-,49-,50-,51-,52-,53-,57-,58-,59-/m0/s1. The Morgan fingerprint density at radius 1 is 0.490 bits per heavy atom. The fourth-order valence-corrected chi connectivity index (χ4v) is 11.9. The normalized spacial score (nSPS) is 15.0. The van der Waals surface area contributed by atoms with Gasteiger partial charge in [-0.2, -0.15) is 11.8 Å². The number of amides is 11. The number of para-hydroxylation sites is 2. The van der Waals surface area contributed by atoms with E-state index in [2.05, 4.69) is 47.9 Å². The van der Waals surface area contributed by atoms with Gasteiger partial charge in [-0.1, -0.05) is 118 Å². The SMILES string of the molecule is CC[C@H](C)[C@H](NC(=O)CCc1cccc2c1oc1c(CCNC(=O)[C@H](CC(C)C)NC(=O)[C@H](CCCCN)NC(=O)[C@@H](N)CCSC)cccc12)C(=O)N[C@H](C(=O)N[C@H](C(=O)N[C@@H](CCCCN)C(=O)N[C@@H](CC(C)C)C(=O)N[C@@H](CC(N)=O)C(=O)N[C@@H](CC(=O)O)C(=O)O)C(C)C)[C@@H](C)CC. The highest BCUT2D eigenvalue weighted by molar-refractivity contribution is 7.98. The lowest BCUT2D eigenvalue weighted by atomic mass is 9.94. The molecule has 1 heterocycles. The van der Waals surface area contributed by atoms with Crippen molar-refractivity contribution in [1.82, 2.24) is 53.2 Å². The third-order valence-corrected chi connectivity index (χ3v) is 18.3. The summed E-state index contributed by atoms with van der Waals surface area (Å²) in [6.07, 6.45) is 4.47. The third kappa shape index (κ3) is 29.1. The molecule has 570 valence electrons. The van der Waals surface area contributed by atoms with Gasteiger partial charge in [-0.15, -0.1) is 0 Å². The number of nitrogens with one attached hydrogen (secondary N) is 10. The number of carboxylic acids is 2. The van der Waals surface area contributed by atoms with E-state index in [0.29, 0.717) is 87.7 Å². The molecule has 3 aromatic rings. The smallest absolute Gasteiger partial charge is 0.326 e. The average molecular weight is 1450 g/mol. The van der Waals surface area contributed by atoms with Gasteiger partial charge in [0.2, 0.25) is 65.0 Å². The molecular formula is C71H114N14O16S. The summed E-state index contributed by atoms with van der Waals surface area (Å²) in [5, 5.41) is 47.2. The molecule has 12 atom stereocenters. The van der Waals surface area contributed by atoms with Gasteiger partial charge in [0.25, 0.3) is 0 Å². The van der Waals surface area contributed by atoms with Crippen LogP contribution in [0.2, 0.25) is 0 Å². The quantitative estimate of drug-likeness (QED) is 0.0360. The second-order valence-corrected chi connectivity index (χ2v) is 28.4. The van der Waals surface area contributed by atoms with Crippen LogP contribution in [-0.2, 0) is 75.2 Å². The zero-order valence-electron chi connectivity index (χ0n) is 61.1. The number of unbranched alkanes of at least 4 members (excludes halogenated alkanes) is 2. The lowest BCUT2D eigenvalue weighted by molar-refractivity contribution is -0.147. The van der Waals surface area contributed by atoms with Crippen molar-refractivity contribution in [2.24, 2.45) is 52.5 Å². The maximum Gasteiger partial charge on any atom is 0.326 e. The molecule has 30 nitrogen and oxygen atoms in total. The number of carbonyl (C=O) groups is 13. The van der Waals surface area contributed by atoms with Gasteiger partial charge in [0, 0.05) is 23.7 Å². The van der Waals surface area contributed by atoms with Crippen LogP contribution >= 0.6 is 11.8 Å². The van der Waals surface area contributed by atoms with Gasteiger partial charge in [-0.25, -0.2) is 4.79 Å². The lowest BCUT2D eigenvalue weighted by Gasteiger charge is -2.31. The largest absolute Gasteiger partial charge is 0.481 e. The fourth-order valence-electron chi connectivity index (χ4n) is 11.4. The van der Waals surface area contributed by atoms with Crippen molar-refractivity contribution in [3.8, 4) is 0 Å². The third-order valence-electron chi connectivity index (χ3n) is 17.7. The number of fused-ring (bicyclic) bond motifs is 3. The van der Waals surface area contributed by atoms with Gasteiger partial charge in [0.1, 0.15) is 65.5 Å². The number of hydrogen-bond acceptors (Lipinski definition) is 18. The van der Waals surface area contributed by atoms with Crippen molar-refractivity contribution >= 4 is 111 Å². The molecule has 0 radical (unpaired) electrons. The van der Waals surface area contributed by atoms with Crippen molar-refractivity contribution in [3.05, 3.63) is 47.5 Å². The highest BCUT2D eigenvalue weighted by atomic mass is 32.2. The van der Waals surface area contributed by atoms with E-state index in [0.717, 1.165) is 21.9 Å². The minimum atomic E-state index is -1.93. The first kappa shape index (κ1) is 87.8. The summed E-state index contributed by atoms with van der Waals surface area (Å²) in [7, 11) is 0. The first-order valence-electron chi connectivity index (χ1n) is 35.5. The number of aryl methyl sites for hydroxylation is 1. The van der Waals surface area contributed by atoms with Crippen LogP contribution in [0.4, 0.5) is 0 Å². The molecule has 20 N–H and O–H groups in total. The van der Waals surface area contributed by atoms with E-state index in [4.69, 9.17) is 27.4 Å². The Balaban J connectivity index is 1.80. The van der Waals surface area contributed by atoms with Crippen molar-refractivity contribution in [1.29, 1.82) is 0 Å². The highest BCUT2D eigenvalue weighted by Crippen LogP contribution is 2.34. The van der Waals surface area contributed by atoms with E-state index >= 15 is 0 Å². The van der Waals surface area contributed by atoms with Gasteiger partial charge in [0.15, 0.2) is 0 Å². The summed E-state index contributed by atoms with van der Waals surface area (Å²) in [5.74, 6) is -12.4. The van der Waals surface area contributed by atoms with E-state index in [1.165, 1.54) is 0 Å². The molecule has 2 aromatic carbocycles. The Hall–Kier alpha value is -8.42. The molecule has 1 aromatic heterocycles. The summed E-state index contributed by atoms with van der Waals surface area (Å²) in [6.45, 7) is 18.7. The number of benzene rings is 2. The molecule has 31 heteroatoms. The van der Waals surface area contributed by atoms with Crippen LogP contribution in [0.5, 0.6) is 0 Å². The summed E-state index contributed by atoms with van der Waals surface area (Å²) >= 11 is 1.56. The number of thioether (sulfide) groups is 1.